The molecule has 0 aliphatic heterocycles. The molecule has 0 atom stereocenters. The summed E-state index contributed by atoms with van der Waals surface area (Å²) in [5.74, 6) is -0.871. The van der Waals surface area contributed by atoms with Crippen LogP contribution in [0.1, 0.15) is 17.9 Å². The molecular weight excluding hydrogens is 443 g/mol. The summed E-state index contributed by atoms with van der Waals surface area (Å²) in [7, 11) is 2.81. The van der Waals surface area contributed by atoms with Crippen LogP contribution in [0.25, 0.3) is 17.2 Å². The van der Waals surface area contributed by atoms with E-state index in [1.165, 1.54) is 37.2 Å². The van der Waals surface area contributed by atoms with Gasteiger partial charge in [0.25, 0.3) is 5.56 Å². The maximum absolute atomic E-state index is 13.9. The van der Waals surface area contributed by atoms with Crippen LogP contribution in [-0.2, 0) is 18.3 Å². The molecule has 0 radical (unpaired) electrons. The molecule has 0 spiro atoms. The van der Waals surface area contributed by atoms with Gasteiger partial charge in [0, 0.05) is 26.9 Å². The minimum absolute atomic E-state index is 0.0270. The molecule has 0 unspecified atom stereocenters. The molecule has 4 aromatic rings. The third-order valence-electron chi connectivity index (χ3n) is 5.27. The van der Waals surface area contributed by atoms with Gasteiger partial charge in [-0.25, -0.2) is 9.18 Å². The SMILES string of the molecule is Cc1ccc(-n2nc(-c3noc(CCC(=O)N(C)c4ccccc4F)n3)c(=O)n(C)c2=O)cc1. The quantitative estimate of drug-likeness (QED) is 0.429. The predicted molar refractivity (Wildman–Crippen MR) is 121 cm³/mol. The van der Waals surface area contributed by atoms with Crippen molar-refractivity contribution in [2.45, 2.75) is 19.8 Å². The molecule has 0 aliphatic carbocycles. The molecule has 2 aromatic heterocycles. The van der Waals surface area contributed by atoms with Crippen molar-refractivity contribution in [3.05, 3.63) is 86.6 Å². The first kappa shape index (κ1) is 22.8. The fraction of sp³-hybridized carbons (Fsp3) is 0.217. The first-order chi connectivity index (χ1) is 16.3. The molecule has 2 aromatic carbocycles. The maximum atomic E-state index is 13.9. The highest BCUT2D eigenvalue weighted by Gasteiger charge is 2.20. The molecule has 0 fully saturated rings. The van der Waals surface area contributed by atoms with Crippen LogP contribution in [0, 0.1) is 12.7 Å². The maximum Gasteiger partial charge on any atom is 0.351 e. The molecule has 4 rings (SSSR count). The minimum Gasteiger partial charge on any atom is -0.339 e. The number of para-hydroxylation sites is 1. The fourth-order valence-electron chi connectivity index (χ4n) is 3.26. The van der Waals surface area contributed by atoms with Crippen LogP contribution in [0.4, 0.5) is 10.1 Å². The van der Waals surface area contributed by atoms with Crippen LogP contribution < -0.4 is 16.1 Å². The zero-order chi connectivity index (χ0) is 24.4. The lowest BCUT2D eigenvalue weighted by Crippen LogP contribution is -2.40. The van der Waals surface area contributed by atoms with Gasteiger partial charge in [0.05, 0.1) is 11.4 Å². The summed E-state index contributed by atoms with van der Waals surface area (Å²) in [6, 6.07) is 13.0. The molecule has 1 amide bonds. The highest BCUT2D eigenvalue weighted by molar-refractivity contribution is 5.92. The second kappa shape index (κ2) is 9.22. The molecule has 0 saturated heterocycles. The van der Waals surface area contributed by atoms with Crippen molar-refractivity contribution in [2.24, 2.45) is 7.05 Å². The van der Waals surface area contributed by atoms with Gasteiger partial charge in [-0.2, -0.15) is 14.8 Å². The van der Waals surface area contributed by atoms with Gasteiger partial charge in [-0.3, -0.25) is 14.2 Å². The first-order valence-corrected chi connectivity index (χ1v) is 10.4. The van der Waals surface area contributed by atoms with Crippen LogP contribution in [0.3, 0.4) is 0 Å². The van der Waals surface area contributed by atoms with Crippen molar-refractivity contribution in [1.29, 1.82) is 0 Å². The fourth-order valence-corrected chi connectivity index (χ4v) is 3.26. The summed E-state index contributed by atoms with van der Waals surface area (Å²) >= 11 is 0. The summed E-state index contributed by atoms with van der Waals surface area (Å²) < 4.78 is 21.1. The standard InChI is InChI=1S/C23H21FN6O4/c1-14-8-10-15(11-9-14)30-23(33)29(3)22(32)20(26-30)21-25-18(34-27-21)12-13-19(31)28(2)17-7-5-4-6-16(17)24/h4-11H,12-13H2,1-3H3. The van der Waals surface area contributed by atoms with Crippen molar-refractivity contribution in [3.8, 4) is 17.2 Å². The van der Waals surface area contributed by atoms with Crippen LogP contribution >= 0.6 is 0 Å². The molecule has 34 heavy (non-hydrogen) atoms. The molecule has 0 aliphatic rings. The number of halogens is 1. The lowest BCUT2D eigenvalue weighted by Gasteiger charge is -2.17. The number of anilines is 1. The molecule has 2 heterocycles. The van der Waals surface area contributed by atoms with Gasteiger partial charge < -0.3 is 9.42 Å². The first-order valence-electron chi connectivity index (χ1n) is 10.4. The Hall–Kier alpha value is -4.41. The van der Waals surface area contributed by atoms with Gasteiger partial charge in [-0.1, -0.05) is 35.0 Å². The second-order valence-corrected chi connectivity index (χ2v) is 7.66. The van der Waals surface area contributed by atoms with Crippen molar-refractivity contribution in [2.75, 3.05) is 11.9 Å². The Morgan fingerprint density at radius 3 is 2.53 bits per heavy atom. The predicted octanol–water partition coefficient (Wildman–Crippen LogP) is 2.02. The van der Waals surface area contributed by atoms with Crippen molar-refractivity contribution in [3.63, 3.8) is 0 Å². The van der Waals surface area contributed by atoms with E-state index < -0.39 is 17.1 Å². The molecule has 10 nitrogen and oxygen atoms in total. The van der Waals surface area contributed by atoms with E-state index in [4.69, 9.17) is 4.52 Å². The number of aryl methyl sites for hydroxylation is 2. The lowest BCUT2D eigenvalue weighted by atomic mass is 10.2. The van der Waals surface area contributed by atoms with E-state index >= 15 is 0 Å². The van der Waals surface area contributed by atoms with Crippen LogP contribution in [0.2, 0.25) is 0 Å². The van der Waals surface area contributed by atoms with E-state index in [1.807, 2.05) is 19.1 Å². The van der Waals surface area contributed by atoms with Crippen molar-refractivity contribution < 1.29 is 13.7 Å². The van der Waals surface area contributed by atoms with E-state index in [0.717, 1.165) is 14.8 Å². The highest BCUT2D eigenvalue weighted by Crippen LogP contribution is 2.18. The molecule has 0 N–H and O–H groups in total. The number of rotatable bonds is 6. The summed E-state index contributed by atoms with van der Waals surface area (Å²) in [5, 5.41) is 7.96. The number of carbonyl (C=O) groups is 1. The van der Waals surface area contributed by atoms with E-state index in [-0.39, 0.29) is 41.8 Å². The largest absolute Gasteiger partial charge is 0.351 e. The third kappa shape index (κ3) is 4.40. The molecule has 0 bridgehead atoms. The number of hydrogen-bond donors (Lipinski definition) is 0. The van der Waals surface area contributed by atoms with Gasteiger partial charge in [-0.15, -0.1) is 0 Å². The zero-order valence-electron chi connectivity index (χ0n) is 18.7. The number of aromatic nitrogens is 5. The Bertz CT molecular complexity index is 1470. The second-order valence-electron chi connectivity index (χ2n) is 7.66. The summed E-state index contributed by atoms with van der Waals surface area (Å²) in [5.41, 5.74) is 0.147. The van der Waals surface area contributed by atoms with E-state index in [2.05, 4.69) is 15.2 Å². The zero-order valence-corrected chi connectivity index (χ0v) is 18.7. The van der Waals surface area contributed by atoms with Crippen molar-refractivity contribution in [1.82, 2.24) is 24.5 Å². The van der Waals surface area contributed by atoms with Crippen molar-refractivity contribution >= 4 is 11.6 Å². The number of nitrogens with zero attached hydrogens (tertiary/aromatic N) is 6. The number of hydrogen-bond acceptors (Lipinski definition) is 7. The molecular formula is C23H21FN6O4. The average Bonchev–Trinajstić information content (AvgIpc) is 3.30. The lowest BCUT2D eigenvalue weighted by molar-refractivity contribution is -0.118. The number of carbonyl (C=O) groups excluding carboxylic acids is 1. The van der Waals surface area contributed by atoms with Gasteiger partial charge in [0.2, 0.25) is 17.6 Å². The van der Waals surface area contributed by atoms with Gasteiger partial charge in [0.15, 0.2) is 5.69 Å². The van der Waals surface area contributed by atoms with E-state index in [9.17, 15) is 18.8 Å². The van der Waals surface area contributed by atoms with Crippen LogP contribution in [0.5, 0.6) is 0 Å². The van der Waals surface area contributed by atoms with Crippen LogP contribution in [-0.4, -0.2) is 37.4 Å². The number of amides is 1. The van der Waals surface area contributed by atoms with E-state index in [0.29, 0.717) is 5.69 Å². The Kier molecular flexibility index (Phi) is 6.17. The summed E-state index contributed by atoms with van der Waals surface area (Å²) in [6.07, 6.45) is 0.0450. The minimum atomic E-state index is -0.684. The Balaban J connectivity index is 1.57. The Morgan fingerprint density at radius 1 is 1.12 bits per heavy atom. The molecule has 11 heteroatoms. The van der Waals surface area contributed by atoms with Gasteiger partial charge in [0.1, 0.15) is 5.82 Å². The Morgan fingerprint density at radius 2 is 1.82 bits per heavy atom. The topological polar surface area (TPSA) is 116 Å². The smallest absolute Gasteiger partial charge is 0.339 e. The van der Waals surface area contributed by atoms with Gasteiger partial charge in [-0.05, 0) is 31.2 Å². The molecule has 174 valence electrons. The summed E-state index contributed by atoms with van der Waals surface area (Å²) in [4.78, 5) is 43.1. The third-order valence-corrected chi connectivity index (χ3v) is 5.27. The highest BCUT2D eigenvalue weighted by atomic mass is 19.1. The monoisotopic (exact) mass is 464 g/mol. The summed E-state index contributed by atoms with van der Waals surface area (Å²) in [6.45, 7) is 1.91. The molecule has 0 saturated carbocycles. The van der Waals surface area contributed by atoms with Crippen LogP contribution in [0.15, 0.2) is 62.6 Å². The number of benzene rings is 2. The normalized spacial score (nSPS) is 10.9. The Labute approximate surface area is 192 Å². The van der Waals surface area contributed by atoms with Gasteiger partial charge >= 0.3 is 5.69 Å². The average molecular weight is 464 g/mol. The van der Waals surface area contributed by atoms with E-state index in [1.54, 1.807) is 18.2 Å².